The molecule has 1 saturated heterocycles. The van der Waals surface area contributed by atoms with Gasteiger partial charge < -0.3 is 15.0 Å². The van der Waals surface area contributed by atoms with Crippen LogP contribution in [0.3, 0.4) is 0 Å². The van der Waals surface area contributed by atoms with Crippen LogP contribution in [0.5, 0.6) is 5.75 Å². The van der Waals surface area contributed by atoms with Crippen LogP contribution < -0.4 is 10.1 Å². The molecule has 9 heteroatoms. The summed E-state index contributed by atoms with van der Waals surface area (Å²) in [5.41, 5.74) is 3.20. The minimum Gasteiger partial charge on any atom is -0.496 e. The van der Waals surface area contributed by atoms with Crippen LogP contribution in [-0.2, 0) is 16.1 Å². The SMILES string of the molecule is COc1ccccc1C=CCN1CCNC(=O)C1CC(=O)N(C)Cc1ccc2nonc2c1. The third-order valence-electron chi connectivity index (χ3n) is 5.75. The molecule has 2 amide bonds. The maximum absolute atomic E-state index is 12.9. The largest absolute Gasteiger partial charge is 0.496 e. The van der Waals surface area contributed by atoms with E-state index in [1.165, 1.54) is 0 Å². The van der Waals surface area contributed by atoms with Crippen molar-refractivity contribution in [3.8, 4) is 5.75 Å². The highest BCUT2D eigenvalue weighted by Crippen LogP contribution is 2.19. The summed E-state index contributed by atoms with van der Waals surface area (Å²) in [6.07, 6.45) is 4.09. The lowest BCUT2D eigenvalue weighted by atomic mass is 10.1. The number of fused-ring (bicyclic) bond motifs is 1. The van der Waals surface area contributed by atoms with Crippen molar-refractivity contribution < 1.29 is 19.0 Å². The standard InChI is InChI=1S/C24H27N5O4/c1-28(16-17-9-10-19-20(14-17)27-33-26-19)23(30)15-21-24(31)25-11-13-29(21)12-5-7-18-6-3-4-8-22(18)32-2/h3-10,14,21H,11-13,15-16H2,1-2H3,(H,25,31). The second kappa shape index (κ2) is 10.3. The van der Waals surface area contributed by atoms with Crippen molar-refractivity contribution in [1.29, 1.82) is 0 Å². The Hall–Kier alpha value is -3.72. The quantitative estimate of drug-likeness (QED) is 0.562. The predicted molar refractivity (Wildman–Crippen MR) is 123 cm³/mol. The predicted octanol–water partition coefficient (Wildman–Crippen LogP) is 2.09. The molecule has 0 bridgehead atoms. The molecule has 33 heavy (non-hydrogen) atoms. The Kier molecular flexibility index (Phi) is 6.99. The Morgan fingerprint density at radius 2 is 2.09 bits per heavy atom. The Morgan fingerprint density at radius 1 is 1.27 bits per heavy atom. The van der Waals surface area contributed by atoms with E-state index in [9.17, 15) is 9.59 Å². The van der Waals surface area contributed by atoms with Crippen LogP contribution in [-0.4, -0.2) is 71.8 Å². The molecule has 0 aliphatic carbocycles. The molecule has 1 aliphatic rings. The van der Waals surface area contributed by atoms with E-state index < -0.39 is 6.04 Å². The maximum atomic E-state index is 12.9. The Bertz CT molecular complexity index is 1160. The zero-order valence-corrected chi connectivity index (χ0v) is 18.7. The summed E-state index contributed by atoms with van der Waals surface area (Å²) in [4.78, 5) is 29.2. The van der Waals surface area contributed by atoms with Crippen molar-refractivity contribution in [3.05, 3.63) is 59.7 Å². The molecule has 0 spiro atoms. The van der Waals surface area contributed by atoms with Gasteiger partial charge in [0.15, 0.2) is 0 Å². The highest BCUT2D eigenvalue weighted by atomic mass is 16.6. The Morgan fingerprint density at radius 3 is 2.94 bits per heavy atom. The molecule has 0 radical (unpaired) electrons. The normalized spacial score (nSPS) is 16.8. The summed E-state index contributed by atoms with van der Waals surface area (Å²) >= 11 is 0. The zero-order valence-electron chi connectivity index (χ0n) is 18.7. The molecular weight excluding hydrogens is 422 g/mol. The fourth-order valence-electron chi connectivity index (χ4n) is 3.93. The number of amides is 2. The van der Waals surface area contributed by atoms with Crippen molar-refractivity contribution >= 4 is 28.9 Å². The molecule has 1 fully saturated rings. The van der Waals surface area contributed by atoms with Gasteiger partial charge >= 0.3 is 0 Å². The highest BCUT2D eigenvalue weighted by molar-refractivity contribution is 5.89. The van der Waals surface area contributed by atoms with Crippen LogP contribution in [0, 0.1) is 0 Å². The van der Waals surface area contributed by atoms with Gasteiger partial charge in [-0.15, -0.1) is 0 Å². The number of methoxy groups -OCH3 is 1. The van der Waals surface area contributed by atoms with Gasteiger partial charge in [0, 0.05) is 38.8 Å². The number of nitrogens with zero attached hydrogens (tertiary/aromatic N) is 4. The number of carbonyl (C=O) groups is 2. The third-order valence-corrected chi connectivity index (χ3v) is 5.75. The summed E-state index contributed by atoms with van der Waals surface area (Å²) < 4.78 is 10.1. The summed E-state index contributed by atoms with van der Waals surface area (Å²) in [5, 5.41) is 10.5. The number of para-hydroxylation sites is 1. The van der Waals surface area contributed by atoms with E-state index in [0.29, 0.717) is 37.2 Å². The van der Waals surface area contributed by atoms with Crippen LogP contribution in [0.1, 0.15) is 17.5 Å². The van der Waals surface area contributed by atoms with Gasteiger partial charge in [-0.2, -0.15) is 0 Å². The molecule has 0 saturated carbocycles. The van der Waals surface area contributed by atoms with Gasteiger partial charge in [0.2, 0.25) is 11.8 Å². The number of nitrogens with one attached hydrogen (secondary N) is 1. The summed E-state index contributed by atoms with van der Waals surface area (Å²) in [6, 6.07) is 12.8. The molecule has 1 unspecified atom stereocenters. The number of hydrogen-bond donors (Lipinski definition) is 1. The van der Waals surface area contributed by atoms with Gasteiger partial charge in [0.05, 0.1) is 19.6 Å². The third kappa shape index (κ3) is 5.38. The highest BCUT2D eigenvalue weighted by Gasteiger charge is 2.31. The summed E-state index contributed by atoms with van der Waals surface area (Å²) in [5.74, 6) is 0.566. The molecule has 9 nitrogen and oxygen atoms in total. The lowest BCUT2D eigenvalue weighted by Gasteiger charge is -2.34. The number of rotatable bonds is 8. The number of benzene rings is 2. The molecule has 1 aliphatic heterocycles. The van der Waals surface area contributed by atoms with Crippen molar-refractivity contribution in [2.75, 3.05) is 33.8 Å². The molecule has 2 heterocycles. The van der Waals surface area contributed by atoms with Gasteiger partial charge in [-0.05, 0) is 34.1 Å². The number of carbonyl (C=O) groups excluding carboxylic acids is 2. The van der Waals surface area contributed by atoms with Gasteiger partial charge in [-0.1, -0.05) is 36.4 Å². The second-order valence-corrected chi connectivity index (χ2v) is 7.99. The zero-order chi connectivity index (χ0) is 23.2. The van der Waals surface area contributed by atoms with Crippen molar-refractivity contribution in [1.82, 2.24) is 25.4 Å². The van der Waals surface area contributed by atoms with E-state index in [1.807, 2.05) is 59.5 Å². The smallest absolute Gasteiger partial charge is 0.237 e. The van der Waals surface area contributed by atoms with Gasteiger partial charge in [0.1, 0.15) is 16.8 Å². The summed E-state index contributed by atoms with van der Waals surface area (Å²) in [6.45, 7) is 2.21. The number of ether oxygens (including phenoxy) is 1. The second-order valence-electron chi connectivity index (χ2n) is 7.99. The maximum Gasteiger partial charge on any atom is 0.237 e. The van der Waals surface area contributed by atoms with Crippen molar-refractivity contribution in [2.24, 2.45) is 0 Å². The average Bonchev–Trinajstić information content (AvgIpc) is 3.29. The molecule has 172 valence electrons. The fourth-order valence-corrected chi connectivity index (χ4v) is 3.93. The molecule has 2 aromatic carbocycles. The molecule has 4 rings (SSSR count). The number of piperazine rings is 1. The van der Waals surface area contributed by atoms with Gasteiger partial charge in [0.25, 0.3) is 0 Å². The van der Waals surface area contributed by atoms with Crippen LogP contribution in [0.25, 0.3) is 17.1 Å². The molecule has 3 aromatic rings. The average molecular weight is 450 g/mol. The number of aromatic nitrogens is 2. The minimum absolute atomic E-state index is 0.103. The monoisotopic (exact) mass is 449 g/mol. The van der Waals surface area contributed by atoms with Crippen LogP contribution in [0.2, 0.25) is 0 Å². The van der Waals surface area contributed by atoms with E-state index in [-0.39, 0.29) is 18.2 Å². The lowest BCUT2D eigenvalue weighted by Crippen LogP contribution is -2.56. The first-order valence-electron chi connectivity index (χ1n) is 10.8. The lowest BCUT2D eigenvalue weighted by molar-refractivity contribution is -0.138. The molecule has 1 atom stereocenters. The van der Waals surface area contributed by atoms with Gasteiger partial charge in [-0.25, -0.2) is 4.63 Å². The van der Waals surface area contributed by atoms with E-state index in [4.69, 9.17) is 9.37 Å². The molecule has 1 N–H and O–H groups in total. The molecular formula is C24H27N5O4. The summed E-state index contributed by atoms with van der Waals surface area (Å²) in [7, 11) is 3.38. The van der Waals surface area contributed by atoms with Crippen molar-refractivity contribution in [2.45, 2.75) is 19.0 Å². The van der Waals surface area contributed by atoms with Crippen LogP contribution in [0.4, 0.5) is 0 Å². The fraction of sp³-hybridized carbons (Fsp3) is 0.333. The van der Waals surface area contributed by atoms with E-state index >= 15 is 0 Å². The minimum atomic E-state index is -0.516. The van der Waals surface area contributed by atoms with Crippen LogP contribution >= 0.6 is 0 Å². The van der Waals surface area contributed by atoms with Crippen LogP contribution in [0.15, 0.2) is 53.2 Å². The first-order chi connectivity index (χ1) is 16.0. The Balaban J connectivity index is 1.38. The van der Waals surface area contributed by atoms with E-state index in [1.54, 1.807) is 19.1 Å². The first kappa shape index (κ1) is 22.5. The molecule has 1 aromatic heterocycles. The number of hydrogen-bond acceptors (Lipinski definition) is 7. The topological polar surface area (TPSA) is 101 Å². The Labute approximate surface area is 191 Å². The van der Waals surface area contributed by atoms with E-state index in [0.717, 1.165) is 16.9 Å². The van der Waals surface area contributed by atoms with E-state index in [2.05, 4.69) is 15.6 Å². The van der Waals surface area contributed by atoms with Crippen molar-refractivity contribution in [3.63, 3.8) is 0 Å². The first-order valence-corrected chi connectivity index (χ1v) is 10.8. The van der Waals surface area contributed by atoms with Gasteiger partial charge in [-0.3, -0.25) is 14.5 Å².